The van der Waals surface area contributed by atoms with Crippen LogP contribution < -0.4 is 14.0 Å². The van der Waals surface area contributed by atoms with Crippen LogP contribution in [-0.4, -0.2) is 14.5 Å². The van der Waals surface area contributed by atoms with Gasteiger partial charge in [0.15, 0.2) is 5.58 Å². The summed E-state index contributed by atoms with van der Waals surface area (Å²) in [5, 5.41) is 0.921. The van der Waals surface area contributed by atoms with E-state index < -0.39 is 21.1 Å². The molecule has 0 unspecified atom stereocenters. The average molecular weight is 520 g/mol. The molecule has 0 fully saturated rings. The molecule has 0 aliphatic rings. The van der Waals surface area contributed by atoms with Gasteiger partial charge in [0, 0.05) is 10.8 Å². The quantitative estimate of drug-likeness (QED) is 0.262. The van der Waals surface area contributed by atoms with E-state index in [1.807, 2.05) is 13.8 Å². The van der Waals surface area contributed by atoms with Crippen molar-refractivity contribution in [2.24, 2.45) is 0 Å². The van der Waals surface area contributed by atoms with E-state index in [0.717, 1.165) is 16.9 Å². The molecule has 1 amide bonds. The molecule has 5 aromatic rings. The van der Waals surface area contributed by atoms with Gasteiger partial charge in [-0.05, 0) is 41.8 Å². The maximum Gasteiger partial charge on any atom is 0.434 e. The Bertz CT molecular complexity index is 1740. The van der Waals surface area contributed by atoms with Crippen molar-refractivity contribution in [1.82, 2.24) is 0 Å². The number of anilines is 1. The third kappa shape index (κ3) is 4.27. The van der Waals surface area contributed by atoms with Gasteiger partial charge in [0.25, 0.3) is 10.0 Å². The topological polar surface area (TPSA) is 93.9 Å². The van der Waals surface area contributed by atoms with Crippen LogP contribution in [0.15, 0.2) is 99.0 Å². The van der Waals surface area contributed by atoms with Gasteiger partial charge in [-0.15, -0.1) is 0 Å². The van der Waals surface area contributed by atoms with Gasteiger partial charge in [-0.25, -0.2) is 18.0 Å². The number of para-hydroxylation sites is 1. The highest BCUT2D eigenvalue weighted by Gasteiger charge is 2.35. The van der Waals surface area contributed by atoms with E-state index in [1.165, 1.54) is 18.2 Å². The number of benzene rings is 4. The van der Waals surface area contributed by atoms with Crippen molar-refractivity contribution in [3.05, 3.63) is 100 Å². The Morgan fingerprint density at radius 1 is 0.917 bits per heavy atom. The van der Waals surface area contributed by atoms with Crippen molar-refractivity contribution in [3.63, 3.8) is 0 Å². The zero-order valence-electron chi connectivity index (χ0n) is 19.4. The van der Waals surface area contributed by atoms with E-state index in [2.05, 4.69) is 0 Å². The summed E-state index contributed by atoms with van der Waals surface area (Å²) in [7, 11) is -4.41. The maximum atomic E-state index is 14.0. The smallest absolute Gasteiger partial charge is 0.413 e. The Balaban J connectivity index is 1.74. The monoisotopic (exact) mass is 519 g/mol. The minimum atomic E-state index is -4.41. The second-order valence-electron chi connectivity index (χ2n) is 8.40. The summed E-state index contributed by atoms with van der Waals surface area (Å²) in [6.07, 6.45) is -1.10. The maximum absolute atomic E-state index is 14.0. The van der Waals surface area contributed by atoms with Crippen molar-refractivity contribution < 1.29 is 22.4 Å². The Hall–Kier alpha value is -3.95. The third-order valence-electron chi connectivity index (χ3n) is 5.74. The van der Waals surface area contributed by atoms with Gasteiger partial charge in [-0.3, -0.25) is 0 Å². The summed E-state index contributed by atoms with van der Waals surface area (Å²) in [6, 6.07) is 22.9. The van der Waals surface area contributed by atoms with Crippen molar-refractivity contribution >= 4 is 54.2 Å². The normalized spacial score (nSPS) is 11.8. The first-order valence-electron chi connectivity index (χ1n) is 11.1. The van der Waals surface area contributed by atoms with Gasteiger partial charge in [-0.2, -0.15) is 4.31 Å². The minimum Gasteiger partial charge on any atom is -0.413 e. The fourth-order valence-corrected chi connectivity index (χ4v) is 5.99. The van der Waals surface area contributed by atoms with Crippen LogP contribution >= 0.6 is 11.3 Å². The first-order valence-corrected chi connectivity index (χ1v) is 13.4. The third-order valence-corrected chi connectivity index (χ3v) is 8.20. The Kier molecular flexibility index (Phi) is 6.11. The number of carbonyl (C=O) groups excluding carboxylic acids is 1. The molecule has 4 aromatic carbocycles. The molecule has 1 heterocycles. The van der Waals surface area contributed by atoms with Crippen molar-refractivity contribution in [2.45, 2.75) is 24.7 Å². The van der Waals surface area contributed by atoms with E-state index in [1.54, 1.807) is 66.7 Å². The molecule has 9 heteroatoms. The number of sulfonamides is 1. The van der Waals surface area contributed by atoms with Crippen LogP contribution in [0, 0.1) is 0 Å². The molecule has 0 radical (unpaired) electrons. The van der Waals surface area contributed by atoms with Crippen LogP contribution in [0.5, 0.6) is 5.75 Å². The first kappa shape index (κ1) is 23.8. The number of ether oxygens (including phenoxy) is 1. The van der Waals surface area contributed by atoms with Gasteiger partial charge in [0.1, 0.15) is 5.75 Å². The SMILES string of the molecule is CC(C)c1ccc(S(=O)(=O)N(C(=O)Oc2ccccc2)c2cc3sc(=O)oc3c3ccccc23)cc1. The molecular weight excluding hydrogens is 498 g/mol. The van der Waals surface area contributed by atoms with Crippen molar-refractivity contribution in [1.29, 1.82) is 0 Å². The first-order chi connectivity index (χ1) is 17.3. The summed E-state index contributed by atoms with van der Waals surface area (Å²) in [5.41, 5.74) is 1.35. The summed E-state index contributed by atoms with van der Waals surface area (Å²) < 4.78 is 39.9. The van der Waals surface area contributed by atoms with Crippen LogP contribution in [0.1, 0.15) is 25.3 Å². The Morgan fingerprint density at radius 2 is 1.56 bits per heavy atom. The largest absolute Gasteiger partial charge is 0.434 e. The molecular formula is C27H21NO6S2. The number of hydrogen-bond acceptors (Lipinski definition) is 7. The second-order valence-corrected chi connectivity index (χ2v) is 11.2. The highest BCUT2D eigenvalue weighted by atomic mass is 32.2. The lowest BCUT2D eigenvalue weighted by molar-refractivity contribution is 0.211. The summed E-state index contributed by atoms with van der Waals surface area (Å²) in [4.78, 5) is 25.0. The average Bonchev–Trinajstić information content (AvgIpc) is 3.25. The van der Waals surface area contributed by atoms with Gasteiger partial charge in [0.2, 0.25) is 0 Å². The molecule has 5 rings (SSSR count). The van der Waals surface area contributed by atoms with Crippen LogP contribution in [0.25, 0.3) is 21.1 Å². The molecule has 0 aliphatic carbocycles. The fourth-order valence-electron chi connectivity index (χ4n) is 3.93. The second kappa shape index (κ2) is 9.25. The van der Waals surface area contributed by atoms with E-state index in [4.69, 9.17) is 9.15 Å². The van der Waals surface area contributed by atoms with E-state index in [0.29, 0.717) is 25.4 Å². The lowest BCUT2D eigenvalue weighted by Gasteiger charge is -2.23. The van der Waals surface area contributed by atoms with E-state index in [9.17, 15) is 18.0 Å². The van der Waals surface area contributed by atoms with Crippen LogP contribution in [0.3, 0.4) is 0 Å². The molecule has 1 aromatic heterocycles. The summed E-state index contributed by atoms with van der Waals surface area (Å²) in [5.74, 6) is 0.396. The molecule has 0 atom stereocenters. The minimum absolute atomic E-state index is 0.0593. The Labute approximate surface area is 211 Å². The molecule has 36 heavy (non-hydrogen) atoms. The number of nitrogens with zero attached hydrogens (tertiary/aromatic N) is 1. The van der Waals surface area contributed by atoms with Crippen LogP contribution in [0.2, 0.25) is 0 Å². The van der Waals surface area contributed by atoms with Gasteiger partial charge in [0.05, 0.1) is 15.3 Å². The number of carbonyl (C=O) groups is 1. The van der Waals surface area contributed by atoms with Gasteiger partial charge < -0.3 is 9.15 Å². The number of amides is 1. The Morgan fingerprint density at radius 3 is 2.22 bits per heavy atom. The number of rotatable bonds is 5. The van der Waals surface area contributed by atoms with E-state index >= 15 is 0 Å². The molecule has 0 N–H and O–H groups in total. The lowest BCUT2D eigenvalue weighted by Crippen LogP contribution is -2.39. The molecule has 0 saturated carbocycles. The fraction of sp³-hybridized carbons (Fsp3) is 0.111. The predicted molar refractivity (Wildman–Crippen MR) is 141 cm³/mol. The van der Waals surface area contributed by atoms with Crippen molar-refractivity contribution in [2.75, 3.05) is 4.31 Å². The summed E-state index contributed by atoms with van der Waals surface area (Å²) in [6.45, 7) is 4.01. The van der Waals surface area contributed by atoms with Crippen LogP contribution in [0.4, 0.5) is 10.5 Å². The van der Waals surface area contributed by atoms with Gasteiger partial charge in [-0.1, -0.05) is 79.8 Å². The highest BCUT2D eigenvalue weighted by molar-refractivity contribution is 7.93. The number of hydrogen-bond donors (Lipinski definition) is 0. The lowest BCUT2D eigenvalue weighted by atomic mass is 10.0. The molecule has 182 valence electrons. The highest BCUT2D eigenvalue weighted by Crippen LogP contribution is 2.38. The van der Waals surface area contributed by atoms with Crippen molar-refractivity contribution in [3.8, 4) is 5.75 Å². The summed E-state index contributed by atoms with van der Waals surface area (Å²) >= 11 is 0.830. The zero-order valence-corrected chi connectivity index (χ0v) is 21.0. The molecule has 0 saturated heterocycles. The molecule has 0 aliphatic heterocycles. The van der Waals surface area contributed by atoms with Crippen LogP contribution in [-0.2, 0) is 10.0 Å². The molecule has 0 spiro atoms. The standard InChI is InChI=1S/C27H21NO6S2/c1-17(2)18-12-14-20(15-13-18)36(31,32)28(26(29)33-19-8-4-3-5-9-19)23-16-24-25(34-27(30)35-24)22-11-7-6-10-21(22)23/h3-17H,1-2H3. The van der Waals surface area contributed by atoms with E-state index in [-0.39, 0.29) is 22.3 Å². The molecule has 0 bridgehead atoms. The predicted octanol–water partition coefficient (Wildman–Crippen LogP) is 6.53. The zero-order chi connectivity index (χ0) is 25.4. The number of fused-ring (bicyclic) bond motifs is 3. The van der Waals surface area contributed by atoms with Gasteiger partial charge >= 0.3 is 11.0 Å². The molecule has 7 nitrogen and oxygen atoms in total.